The van der Waals surface area contributed by atoms with Crippen LogP contribution in [0.3, 0.4) is 0 Å². The Kier molecular flexibility index (Phi) is 6.49. The number of hydrogen-bond donors (Lipinski definition) is 2. The van der Waals surface area contributed by atoms with Crippen molar-refractivity contribution >= 4 is 11.3 Å². The lowest BCUT2D eigenvalue weighted by Gasteiger charge is -2.27. The lowest BCUT2D eigenvalue weighted by atomic mass is 9.89. The van der Waals surface area contributed by atoms with Crippen molar-refractivity contribution in [1.82, 2.24) is 5.32 Å². The number of thiophene rings is 1. The predicted molar refractivity (Wildman–Crippen MR) is 84.1 cm³/mol. The minimum atomic E-state index is -0.422. The minimum absolute atomic E-state index is 0.291. The number of aliphatic hydroxyl groups is 1. The van der Waals surface area contributed by atoms with Gasteiger partial charge in [0, 0.05) is 17.5 Å². The standard InChI is InChI=1S/C16H27NO2S/c1-12-5-3-6-15(9-12)19-11-14(18)10-17-13(2)16-7-4-8-20-16/h4,7-8,12-15,17-18H,3,5-6,9-11H2,1-2H3/t12?,13-,14?,15?/m0/s1. The number of ether oxygens (including phenoxy) is 1. The van der Waals surface area contributed by atoms with Crippen LogP contribution in [0, 0.1) is 5.92 Å². The average Bonchev–Trinajstić information content (AvgIpc) is 2.97. The number of hydrogen-bond acceptors (Lipinski definition) is 4. The summed E-state index contributed by atoms with van der Waals surface area (Å²) in [6.07, 6.45) is 4.80. The summed E-state index contributed by atoms with van der Waals surface area (Å²) in [5, 5.41) is 15.5. The summed E-state index contributed by atoms with van der Waals surface area (Å²) in [5.74, 6) is 0.767. The van der Waals surface area contributed by atoms with Crippen LogP contribution in [-0.4, -0.2) is 30.5 Å². The summed E-state index contributed by atoms with van der Waals surface area (Å²) in [7, 11) is 0. The topological polar surface area (TPSA) is 41.5 Å². The van der Waals surface area contributed by atoms with Gasteiger partial charge >= 0.3 is 0 Å². The van der Waals surface area contributed by atoms with Crippen molar-refractivity contribution in [2.75, 3.05) is 13.2 Å². The van der Waals surface area contributed by atoms with E-state index in [4.69, 9.17) is 4.74 Å². The molecule has 4 heteroatoms. The number of rotatable bonds is 7. The minimum Gasteiger partial charge on any atom is -0.389 e. The molecule has 2 rings (SSSR count). The van der Waals surface area contributed by atoms with Crippen molar-refractivity contribution in [2.45, 2.75) is 57.8 Å². The maximum atomic E-state index is 10.0. The van der Waals surface area contributed by atoms with Gasteiger partial charge in [-0.15, -0.1) is 11.3 Å². The first-order valence-corrected chi connectivity index (χ1v) is 8.59. The molecule has 0 amide bonds. The van der Waals surface area contributed by atoms with Gasteiger partial charge in [-0.25, -0.2) is 0 Å². The van der Waals surface area contributed by atoms with Crippen LogP contribution in [0.4, 0.5) is 0 Å². The first-order valence-electron chi connectivity index (χ1n) is 7.71. The molecule has 3 nitrogen and oxygen atoms in total. The van der Waals surface area contributed by atoms with Gasteiger partial charge in [-0.2, -0.15) is 0 Å². The average molecular weight is 297 g/mol. The number of nitrogens with one attached hydrogen (secondary N) is 1. The van der Waals surface area contributed by atoms with Gasteiger partial charge in [0.15, 0.2) is 0 Å². The van der Waals surface area contributed by atoms with Crippen LogP contribution in [0.5, 0.6) is 0 Å². The smallest absolute Gasteiger partial charge is 0.0898 e. The molecule has 1 aliphatic carbocycles. The fraction of sp³-hybridized carbons (Fsp3) is 0.750. The molecule has 1 aromatic heterocycles. The second-order valence-electron chi connectivity index (χ2n) is 6.03. The highest BCUT2D eigenvalue weighted by atomic mass is 32.1. The van der Waals surface area contributed by atoms with E-state index in [0.29, 0.717) is 25.3 Å². The zero-order chi connectivity index (χ0) is 14.4. The van der Waals surface area contributed by atoms with E-state index < -0.39 is 6.10 Å². The van der Waals surface area contributed by atoms with Crippen LogP contribution in [0.25, 0.3) is 0 Å². The van der Waals surface area contributed by atoms with Crippen molar-refractivity contribution in [3.63, 3.8) is 0 Å². The molecule has 1 saturated carbocycles. The first kappa shape index (κ1) is 16.0. The molecular formula is C16H27NO2S. The van der Waals surface area contributed by atoms with Crippen LogP contribution in [0.1, 0.15) is 50.4 Å². The quantitative estimate of drug-likeness (QED) is 0.811. The van der Waals surface area contributed by atoms with Gasteiger partial charge in [0.05, 0.1) is 18.8 Å². The number of aliphatic hydroxyl groups excluding tert-OH is 1. The van der Waals surface area contributed by atoms with Gasteiger partial charge < -0.3 is 15.2 Å². The van der Waals surface area contributed by atoms with E-state index in [1.54, 1.807) is 11.3 Å². The third-order valence-corrected chi connectivity index (χ3v) is 5.10. The summed E-state index contributed by atoms with van der Waals surface area (Å²) in [6.45, 7) is 5.45. The molecule has 1 aromatic rings. The monoisotopic (exact) mass is 297 g/mol. The molecule has 0 aliphatic heterocycles. The van der Waals surface area contributed by atoms with Gasteiger partial charge in [0.1, 0.15) is 0 Å². The molecule has 0 saturated heterocycles. The molecule has 0 bridgehead atoms. The zero-order valence-electron chi connectivity index (χ0n) is 12.5. The Morgan fingerprint density at radius 3 is 3.05 bits per heavy atom. The largest absolute Gasteiger partial charge is 0.389 e. The fourth-order valence-corrected chi connectivity index (χ4v) is 3.55. The molecule has 20 heavy (non-hydrogen) atoms. The molecule has 0 aromatic carbocycles. The molecule has 2 N–H and O–H groups in total. The molecule has 114 valence electrons. The van der Waals surface area contributed by atoms with E-state index in [-0.39, 0.29) is 0 Å². The fourth-order valence-electron chi connectivity index (χ4n) is 2.79. The van der Waals surface area contributed by atoms with E-state index in [9.17, 15) is 5.11 Å². The van der Waals surface area contributed by atoms with Crippen LogP contribution >= 0.6 is 11.3 Å². The molecule has 0 radical (unpaired) electrons. The molecular weight excluding hydrogens is 270 g/mol. The van der Waals surface area contributed by atoms with Crippen molar-refractivity contribution in [2.24, 2.45) is 5.92 Å². The van der Waals surface area contributed by atoms with Crippen LogP contribution in [0.2, 0.25) is 0 Å². The van der Waals surface area contributed by atoms with E-state index >= 15 is 0 Å². The summed E-state index contributed by atoms with van der Waals surface area (Å²) >= 11 is 1.74. The summed E-state index contributed by atoms with van der Waals surface area (Å²) in [6, 6.07) is 4.47. The van der Waals surface area contributed by atoms with E-state index in [2.05, 4.69) is 36.7 Å². The Balaban J connectivity index is 1.61. The van der Waals surface area contributed by atoms with Crippen molar-refractivity contribution in [3.8, 4) is 0 Å². The molecule has 0 spiro atoms. The van der Waals surface area contributed by atoms with Crippen LogP contribution < -0.4 is 5.32 Å². The van der Waals surface area contributed by atoms with Gasteiger partial charge in [-0.1, -0.05) is 25.8 Å². The van der Waals surface area contributed by atoms with Gasteiger partial charge in [0.25, 0.3) is 0 Å². The lowest BCUT2D eigenvalue weighted by Crippen LogP contribution is -2.34. The second-order valence-corrected chi connectivity index (χ2v) is 7.01. The zero-order valence-corrected chi connectivity index (χ0v) is 13.4. The van der Waals surface area contributed by atoms with Crippen molar-refractivity contribution < 1.29 is 9.84 Å². The second kappa shape index (κ2) is 8.13. The molecule has 1 aliphatic rings. The first-order chi connectivity index (χ1) is 9.65. The predicted octanol–water partition coefficient (Wildman–Crippen LogP) is 3.35. The van der Waals surface area contributed by atoms with E-state index in [0.717, 1.165) is 18.8 Å². The highest BCUT2D eigenvalue weighted by Crippen LogP contribution is 2.25. The van der Waals surface area contributed by atoms with Crippen molar-refractivity contribution in [3.05, 3.63) is 22.4 Å². The maximum Gasteiger partial charge on any atom is 0.0898 e. The SMILES string of the molecule is CC1CCCC(OCC(O)CN[C@@H](C)c2cccs2)C1. The third-order valence-electron chi connectivity index (χ3n) is 4.04. The Morgan fingerprint density at radius 2 is 2.35 bits per heavy atom. The third kappa shape index (κ3) is 5.17. The van der Waals surface area contributed by atoms with Gasteiger partial charge in [-0.3, -0.25) is 0 Å². The molecule has 3 unspecified atom stereocenters. The summed E-state index contributed by atoms with van der Waals surface area (Å²) in [4.78, 5) is 1.30. The lowest BCUT2D eigenvalue weighted by molar-refractivity contribution is -0.0310. The summed E-state index contributed by atoms with van der Waals surface area (Å²) < 4.78 is 5.85. The summed E-state index contributed by atoms with van der Waals surface area (Å²) in [5.41, 5.74) is 0. The van der Waals surface area contributed by atoms with Crippen molar-refractivity contribution in [1.29, 1.82) is 0 Å². The van der Waals surface area contributed by atoms with Gasteiger partial charge in [0.2, 0.25) is 0 Å². The highest BCUT2D eigenvalue weighted by Gasteiger charge is 2.20. The highest BCUT2D eigenvalue weighted by molar-refractivity contribution is 7.10. The molecule has 1 fully saturated rings. The Hall–Kier alpha value is -0.420. The molecule has 4 atom stereocenters. The van der Waals surface area contributed by atoms with E-state index in [1.807, 2.05) is 0 Å². The van der Waals surface area contributed by atoms with Gasteiger partial charge in [-0.05, 0) is 37.1 Å². The van der Waals surface area contributed by atoms with Crippen LogP contribution in [0.15, 0.2) is 17.5 Å². The Bertz CT molecular complexity index is 369. The Labute approximate surface area is 126 Å². The normalized spacial score (nSPS) is 26.4. The maximum absolute atomic E-state index is 10.0. The molecule has 1 heterocycles. The Morgan fingerprint density at radius 1 is 1.50 bits per heavy atom. The van der Waals surface area contributed by atoms with E-state index in [1.165, 1.54) is 17.7 Å². The van der Waals surface area contributed by atoms with Crippen LogP contribution in [-0.2, 0) is 4.74 Å².